The van der Waals surface area contributed by atoms with E-state index < -0.39 is 20.2 Å². The van der Waals surface area contributed by atoms with Gasteiger partial charge in [0, 0.05) is 10.8 Å². The summed E-state index contributed by atoms with van der Waals surface area (Å²) in [6.07, 6.45) is 0. The van der Waals surface area contributed by atoms with Crippen molar-refractivity contribution < 1.29 is 25.9 Å². The van der Waals surface area contributed by atoms with E-state index >= 15 is 0 Å². The lowest BCUT2D eigenvalue weighted by atomic mass is 10.1. The lowest BCUT2D eigenvalue weighted by molar-refractivity contribution is 0.481. The second kappa shape index (κ2) is 4.52. The van der Waals surface area contributed by atoms with Gasteiger partial charge < -0.3 is 0 Å². The van der Waals surface area contributed by atoms with Gasteiger partial charge in [-0.25, -0.2) is 0 Å². The second-order valence-corrected chi connectivity index (χ2v) is 7.35. The highest BCUT2D eigenvalue weighted by Crippen LogP contribution is 2.31. The van der Waals surface area contributed by atoms with E-state index in [-0.39, 0.29) is 20.6 Å². The van der Waals surface area contributed by atoms with Crippen LogP contribution >= 0.6 is 0 Å². The van der Waals surface area contributed by atoms with E-state index in [1.54, 1.807) is 13.8 Å². The van der Waals surface area contributed by atoms with E-state index in [0.717, 1.165) is 0 Å². The fourth-order valence-corrected chi connectivity index (χ4v) is 3.66. The Morgan fingerprint density at radius 2 is 1.00 bits per heavy atom. The first-order chi connectivity index (χ1) is 9.00. The van der Waals surface area contributed by atoms with Crippen molar-refractivity contribution in [3.8, 4) is 0 Å². The van der Waals surface area contributed by atoms with Crippen LogP contribution in [0.25, 0.3) is 10.8 Å². The first-order valence-electron chi connectivity index (χ1n) is 5.50. The van der Waals surface area contributed by atoms with Crippen LogP contribution in [0.3, 0.4) is 0 Å². The van der Waals surface area contributed by atoms with Crippen LogP contribution in [0.2, 0.25) is 0 Å². The van der Waals surface area contributed by atoms with Crippen molar-refractivity contribution in [1.82, 2.24) is 0 Å². The number of hydrogen-bond acceptors (Lipinski definition) is 4. The monoisotopic (exact) mass is 316 g/mol. The van der Waals surface area contributed by atoms with Gasteiger partial charge in [0.25, 0.3) is 20.2 Å². The molecule has 0 radical (unpaired) electrons. The Morgan fingerprint density at radius 3 is 1.25 bits per heavy atom. The molecule has 0 saturated carbocycles. The van der Waals surface area contributed by atoms with Crippen LogP contribution in [-0.2, 0) is 20.2 Å². The molecule has 2 aromatic carbocycles. The highest BCUT2D eigenvalue weighted by molar-refractivity contribution is 7.86. The summed E-state index contributed by atoms with van der Waals surface area (Å²) in [5.41, 5.74) is 0.887. The molecule has 0 atom stereocenters. The topological polar surface area (TPSA) is 109 Å². The third-order valence-electron chi connectivity index (χ3n) is 2.84. The number of hydrogen-bond donors (Lipinski definition) is 2. The minimum atomic E-state index is -4.51. The SMILES string of the molecule is Cc1cc(S(=O)(=O)O)c2cc(C)cc(S(=O)(=O)O)c2c1. The molecule has 0 aliphatic heterocycles. The molecule has 8 heteroatoms. The molecule has 0 saturated heterocycles. The minimum absolute atomic E-state index is 0.0470. The maximum absolute atomic E-state index is 11.4. The van der Waals surface area contributed by atoms with Gasteiger partial charge in [-0.15, -0.1) is 0 Å². The van der Waals surface area contributed by atoms with E-state index in [1.165, 1.54) is 24.3 Å². The van der Waals surface area contributed by atoms with Crippen molar-refractivity contribution in [2.24, 2.45) is 0 Å². The predicted molar refractivity (Wildman–Crippen MR) is 73.1 cm³/mol. The lowest BCUT2D eigenvalue weighted by Crippen LogP contribution is -2.04. The molecule has 0 bridgehead atoms. The molecule has 0 unspecified atom stereocenters. The fraction of sp³-hybridized carbons (Fsp3) is 0.167. The Hall–Kier alpha value is -1.48. The van der Waals surface area contributed by atoms with Crippen molar-refractivity contribution in [2.75, 3.05) is 0 Å². The normalized spacial score (nSPS) is 12.8. The predicted octanol–water partition coefficient (Wildman–Crippen LogP) is 1.95. The van der Waals surface area contributed by atoms with Gasteiger partial charge in [-0.3, -0.25) is 9.11 Å². The van der Waals surface area contributed by atoms with Crippen LogP contribution < -0.4 is 0 Å². The molecule has 2 N–H and O–H groups in total. The van der Waals surface area contributed by atoms with E-state index in [1.807, 2.05) is 0 Å². The summed E-state index contributed by atoms with van der Waals surface area (Å²) in [7, 11) is -9.01. The average Bonchev–Trinajstić information content (AvgIpc) is 2.25. The molecule has 6 nitrogen and oxygen atoms in total. The van der Waals surface area contributed by atoms with Gasteiger partial charge in [-0.05, 0) is 49.2 Å². The zero-order valence-electron chi connectivity index (χ0n) is 10.7. The van der Waals surface area contributed by atoms with Gasteiger partial charge in [-0.2, -0.15) is 16.8 Å². The van der Waals surface area contributed by atoms with Gasteiger partial charge in [0.15, 0.2) is 0 Å². The van der Waals surface area contributed by atoms with E-state index in [0.29, 0.717) is 11.1 Å². The fourth-order valence-electron chi connectivity index (χ4n) is 2.10. The third kappa shape index (κ3) is 2.68. The maximum Gasteiger partial charge on any atom is 0.295 e. The molecule has 0 heterocycles. The van der Waals surface area contributed by atoms with Crippen molar-refractivity contribution in [1.29, 1.82) is 0 Å². The lowest BCUT2D eigenvalue weighted by Gasteiger charge is -2.10. The molecule has 20 heavy (non-hydrogen) atoms. The Bertz CT molecular complexity index is 833. The van der Waals surface area contributed by atoms with Crippen molar-refractivity contribution >= 4 is 31.0 Å². The summed E-state index contributed by atoms with van der Waals surface area (Å²) < 4.78 is 64.2. The first-order valence-corrected chi connectivity index (χ1v) is 8.38. The number of benzene rings is 2. The van der Waals surface area contributed by atoms with E-state index in [2.05, 4.69) is 0 Å². The molecular weight excluding hydrogens is 304 g/mol. The molecule has 0 aromatic heterocycles. The largest absolute Gasteiger partial charge is 0.295 e. The van der Waals surface area contributed by atoms with Crippen LogP contribution in [-0.4, -0.2) is 25.9 Å². The molecule has 0 aliphatic rings. The summed E-state index contributed by atoms with van der Waals surface area (Å²) in [6.45, 7) is 3.11. The zero-order valence-corrected chi connectivity index (χ0v) is 12.3. The summed E-state index contributed by atoms with van der Waals surface area (Å²) in [4.78, 5) is -0.776. The van der Waals surface area contributed by atoms with E-state index in [4.69, 9.17) is 0 Å². The summed E-state index contributed by atoms with van der Waals surface area (Å²) in [5.74, 6) is 0. The Balaban J connectivity index is 3.13. The zero-order chi connectivity index (χ0) is 15.3. The van der Waals surface area contributed by atoms with Crippen molar-refractivity contribution in [2.45, 2.75) is 23.6 Å². The van der Waals surface area contributed by atoms with Gasteiger partial charge in [-0.1, -0.05) is 0 Å². The van der Waals surface area contributed by atoms with Crippen LogP contribution in [0.4, 0.5) is 0 Å². The van der Waals surface area contributed by atoms with Gasteiger partial charge >= 0.3 is 0 Å². The molecule has 108 valence electrons. The Labute approximate surface area is 116 Å². The van der Waals surface area contributed by atoms with Crippen LogP contribution in [0.15, 0.2) is 34.1 Å². The number of rotatable bonds is 2. The number of fused-ring (bicyclic) bond motifs is 1. The molecule has 0 amide bonds. The van der Waals surface area contributed by atoms with Gasteiger partial charge in [0.1, 0.15) is 9.79 Å². The van der Waals surface area contributed by atoms with E-state index in [9.17, 15) is 25.9 Å². The Kier molecular flexibility index (Phi) is 3.37. The van der Waals surface area contributed by atoms with Gasteiger partial charge in [0.05, 0.1) is 0 Å². The molecule has 0 aliphatic carbocycles. The summed E-state index contributed by atoms with van der Waals surface area (Å²) in [6, 6.07) is 5.36. The average molecular weight is 316 g/mol. The quantitative estimate of drug-likeness (QED) is 0.820. The highest BCUT2D eigenvalue weighted by Gasteiger charge is 2.21. The smallest absolute Gasteiger partial charge is 0.282 e. The molecule has 2 aromatic rings. The van der Waals surface area contributed by atoms with Crippen LogP contribution in [0, 0.1) is 13.8 Å². The highest BCUT2D eigenvalue weighted by atomic mass is 32.2. The van der Waals surface area contributed by atoms with Crippen molar-refractivity contribution in [3.05, 3.63) is 35.4 Å². The standard InChI is InChI=1S/C12H12O6S2/c1-7-3-9-10(11(5-7)19(13,14)15)4-8(2)6-12(9)20(16,17)18/h3-6H,1-2H3,(H,13,14,15)(H,16,17,18). The summed E-state index contributed by atoms with van der Waals surface area (Å²) >= 11 is 0. The minimum Gasteiger partial charge on any atom is -0.282 e. The first kappa shape index (κ1) is 14.9. The van der Waals surface area contributed by atoms with Crippen molar-refractivity contribution in [3.63, 3.8) is 0 Å². The van der Waals surface area contributed by atoms with Crippen LogP contribution in [0.1, 0.15) is 11.1 Å². The second-order valence-electron chi connectivity index (χ2n) is 4.57. The summed E-state index contributed by atoms with van der Waals surface area (Å²) in [5, 5.41) is 0.0939. The molecule has 0 spiro atoms. The molecular formula is C12H12O6S2. The maximum atomic E-state index is 11.4. The molecule has 2 rings (SSSR count). The molecule has 0 fully saturated rings. The number of aryl methyl sites for hydroxylation is 2. The Morgan fingerprint density at radius 1 is 0.700 bits per heavy atom. The van der Waals surface area contributed by atoms with Gasteiger partial charge in [0.2, 0.25) is 0 Å². The third-order valence-corrected chi connectivity index (χ3v) is 4.63. The van der Waals surface area contributed by atoms with Crippen LogP contribution in [0.5, 0.6) is 0 Å².